The van der Waals surface area contributed by atoms with Gasteiger partial charge in [0, 0.05) is 0 Å². The Morgan fingerprint density at radius 2 is 1.69 bits per heavy atom. The van der Waals surface area contributed by atoms with E-state index in [9.17, 15) is 12.9 Å². The van der Waals surface area contributed by atoms with E-state index in [1.807, 2.05) is 18.2 Å². The topological polar surface area (TPSA) is 0 Å². The second kappa shape index (κ2) is 4.17. The standard InChI is InChI=1S/C9H9BF3/c11-10(12,13)8-4-7-9-5-2-1-3-6-9/h1-6,8H,7H2/q-1/b8-4+. The molecule has 4 heteroatoms. The van der Waals surface area contributed by atoms with Crippen molar-refractivity contribution in [3.8, 4) is 0 Å². The summed E-state index contributed by atoms with van der Waals surface area (Å²) in [6.45, 7) is -4.78. The third-order valence-corrected chi connectivity index (χ3v) is 1.55. The van der Waals surface area contributed by atoms with Gasteiger partial charge in [-0.25, -0.2) is 0 Å². The van der Waals surface area contributed by atoms with Crippen LogP contribution < -0.4 is 0 Å². The molecule has 0 amide bonds. The highest BCUT2D eigenvalue weighted by Crippen LogP contribution is 2.10. The molecule has 0 heterocycles. The first-order valence-corrected chi connectivity index (χ1v) is 3.99. The summed E-state index contributed by atoms with van der Waals surface area (Å²) >= 11 is 0. The Hall–Kier alpha value is -1.19. The third kappa shape index (κ3) is 4.40. The molecule has 0 nitrogen and oxygen atoms in total. The Bertz CT molecular complexity index is 277. The molecule has 0 aliphatic rings. The van der Waals surface area contributed by atoms with Crippen LogP contribution in [0.4, 0.5) is 12.9 Å². The molecule has 1 aromatic rings. The lowest BCUT2D eigenvalue weighted by molar-refractivity contribution is 0.498. The largest absolute Gasteiger partial charge is 0.502 e. The van der Waals surface area contributed by atoms with Crippen LogP contribution in [0.5, 0.6) is 0 Å². The number of hydrogen-bond acceptors (Lipinski definition) is 0. The fourth-order valence-corrected chi connectivity index (χ4v) is 0.973. The fourth-order valence-electron chi connectivity index (χ4n) is 0.973. The maximum absolute atomic E-state index is 11.7. The summed E-state index contributed by atoms with van der Waals surface area (Å²) < 4.78 is 35.2. The van der Waals surface area contributed by atoms with E-state index < -0.39 is 6.98 Å². The smallest absolute Gasteiger partial charge is 0.445 e. The lowest BCUT2D eigenvalue weighted by atomic mass is 9.91. The highest BCUT2D eigenvalue weighted by atomic mass is 19.4. The van der Waals surface area contributed by atoms with Crippen LogP contribution in [0.15, 0.2) is 42.4 Å². The second-order valence-electron chi connectivity index (χ2n) is 2.74. The van der Waals surface area contributed by atoms with Crippen LogP contribution in [-0.2, 0) is 6.42 Å². The molecule has 0 N–H and O–H groups in total. The lowest BCUT2D eigenvalue weighted by Gasteiger charge is -2.05. The van der Waals surface area contributed by atoms with Gasteiger partial charge < -0.3 is 12.9 Å². The van der Waals surface area contributed by atoms with Crippen LogP contribution in [0.3, 0.4) is 0 Å². The summed E-state index contributed by atoms with van der Waals surface area (Å²) in [4.78, 5) is 0. The SMILES string of the molecule is F[B-](F)(F)/C=C/Cc1ccccc1. The van der Waals surface area contributed by atoms with Crippen molar-refractivity contribution < 1.29 is 12.9 Å². The second-order valence-corrected chi connectivity index (χ2v) is 2.74. The maximum atomic E-state index is 11.7. The van der Waals surface area contributed by atoms with Gasteiger partial charge in [-0.15, -0.1) is 12.1 Å². The minimum Gasteiger partial charge on any atom is -0.445 e. The highest BCUT2D eigenvalue weighted by molar-refractivity contribution is 6.64. The average molecular weight is 185 g/mol. The van der Waals surface area contributed by atoms with Crippen LogP contribution in [0, 0.1) is 0 Å². The Kier molecular flexibility index (Phi) is 3.17. The molecule has 0 aliphatic heterocycles. The first-order chi connectivity index (χ1) is 6.08. The number of halogens is 3. The van der Waals surface area contributed by atoms with Crippen molar-refractivity contribution in [2.45, 2.75) is 6.42 Å². The van der Waals surface area contributed by atoms with Gasteiger partial charge in [0.15, 0.2) is 0 Å². The molecule has 0 spiro atoms. The predicted octanol–water partition coefficient (Wildman–Crippen LogP) is 3.17. The minimum absolute atomic E-state index is 0.326. The van der Waals surface area contributed by atoms with E-state index in [2.05, 4.69) is 0 Å². The van der Waals surface area contributed by atoms with Gasteiger partial charge in [-0.3, -0.25) is 0 Å². The maximum Gasteiger partial charge on any atom is 0.502 e. The van der Waals surface area contributed by atoms with Crippen LogP contribution in [0.1, 0.15) is 5.56 Å². The van der Waals surface area contributed by atoms with E-state index in [1.165, 1.54) is 0 Å². The van der Waals surface area contributed by atoms with E-state index in [1.54, 1.807) is 12.1 Å². The first-order valence-electron chi connectivity index (χ1n) is 3.99. The first kappa shape index (κ1) is 9.90. The van der Waals surface area contributed by atoms with Gasteiger partial charge in [0.1, 0.15) is 0 Å². The van der Waals surface area contributed by atoms with Crippen LogP contribution in [-0.4, -0.2) is 6.98 Å². The number of hydrogen-bond donors (Lipinski definition) is 0. The normalized spacial score (nSPS) is 12.2. The highest BCUT2D eigenvalue weighted by Gasteiger charge is 2.16. The quantitative estimate of drug-likeness (QED) is 0.634. The van der Waals surface area contributed by atoms with Gasteiger partial charge in [0.05, 0.1) is 0 Å². The van der Waals surface area contributed by atoms with Gasteiger partial charge >= 0.3 is 6.98 Å². The third-order valence-electron chi connectivity index (χ3n) is 1.55. The molecule has 0 saturated heterocycles. The Morgan fingerprint density at radius 3 is 2.23 bits per heavy atom. The molecule has 0 unspecified atom stereocenters. The van der Waals surface area contributed by atoms with Gasteiger partial charge in [0.25, 0.3) is 0 Å². The molecule has 13 heavy (non-hydrogen) atoms. The van der Waals surface area contributed by atoms with Crippen molar-refractivity contribution in [3.63, 3.8) is 0 Å². The Balaban J connectivity index is 2.49. The molecule has 0 aromatic heterocycles. The molecular weight excluding hydrogens is 176 g/mol. The van der Waals surface area contributed by atoms with Gasteiger partial charge in [-0.1, -0.05) is 30.3 Å². The zero-order valence-electron chi connectivity index (χ0n) is 6.96. The Labute approximate surface area is 75.1 Å². The summed E-state index contributed by atoms with van der Waals surface area (Å²) in [7, 11) is 0. The monoisotopic (exact) mass is 185 g/mol. The number of benzene rings is 1. The summed E-state index contributed by atoms with van der Waals surface area (Å²) in [6, 6.07) is 9.05. The van der Waals surface area contributed by atoms with Gasteiger partial charge in [-0.05, 0) is 12.0 Å². The summed E-state index contributed by atoms with van der Waals surface area (Å²) in [6.07, 6.45) is 1.48. The molecule has 70 valence electrons. The fraction of sp³-hybridized carbons (Fsp3) is 0.111. The van der Waals surface area contributed by atoms with Crippen LogP contribution in [0.2, 0.25) is 0 Å². The number of allylic oxidation sites excluding steroid dienone is 1. The van der Waals surface area contributed by atoms with Crippen LogP contribution >= 0.6 is 0 Å². The lowest BCUT2D eigenvalue weighted by Crippen LogP contribution is -2.09. The van der Waals surface area contributed by atoms with E-state index in [0.717, 1.165) is 11.6 Å². The molecule has 0 bridgehead atoms. The Morgan fingerprint density at radius 1 is 1.08 bits per heavy atom. The summed E-state index contributed by atoms with van der Waals surface area (Å²) in [5.41, 5.74) is 0.888. The zero-order chi connectivity index (χ0) is 9.73. The van der Waals surface area contributed by atoms with Gasteiger partial charge in [0.2, 0.25) is 0 Å². The molecule has 0 fully saturated rings. The van der Waals surface area contributed by atoms with Crippen molar-refractivity contribution in [2.24, 2.45) is 0 Å². The van der Waals surface area contributed by atoms with E-state index in [4.69, 9.17) is 0 Å². The van der Waals surface area contributed by atoms with Crippen molar-refractivity contribution in [2.75, 3.05) is 0 Å². The van der Waals surface area contributed by atoms with Gasteiger partial charge in [-0.2, -0.15) is 0 Å². The molecule has 0 radical (unpaired) electrons. The molecular formula is C9H9BF3-. The van der Waals surface area contributed by atoms with E-state index >= 15 is 0 Å². The van der Waals surface area contributed by atoms with Crippen LogP contribution in [0.25, 0.3) is 0 Å². The predicted molar refractivity (Wildman–Crippen MR) is 48.4 cm³/mol. The molecule has 1 rings (SSSR count). The minimum atomic E-state index is -4.78. The molecule has 0 aliphatic carbocycles. The molecule has 0 saturated carbocycles. The summed E-state index contributed by atoms with van der Waals surface area (Å²) in [5, 5.41) is 0. The molecule has 1 aromatic carbocycles. The van der Waals surface area contributed by atoms with E-state index in [-0.39, 0.29) is 0 Å². The van der Waals surface area contributed by atoms with Crippen molar-refractivity contribution in [1.82, 2.24) is 0 Å². The number of rotatable bonds is 3. The van der Waals surface area contributed by atoms with Crippen molar-refractivity contribution >= 4 is 6.98 Å². The average Bonchev–Trinajstić information content (AvgIpc) is 2.04. The summed E-state index contributed by atoms with van der Waals surface area (Å²) in [5.74, 6) is 0.326. The van der Waals surface area contributed by atoms with E-state index in [0.29, 0.717) is 12.4 Å². The van der Waals surface area contributed by atoms with Crippen molar-refractivity contribution in [3.05, 3.63) is 47.9 Å². The molecule has 0 atom stereocenters. The zero-order valence-corrected chi connectivity index (χ0v) is 6.96. The van der Waals surface area contributed by atoms with Crippen molar-refractivity contribution in [1.29, 1.82) is 0 Å².